The van der Waals surface area contributed by atoms with Gasteiger partial charge in [0.2, 0.25) is 0 Å². The van der Waals surface area contributed by atoms with E-state index < -0.39 is 0 Å². The Morgan fingerprint density at radius 2 is 2.19 bits per heavy atom. The minimum Gasteiger partial charge on any atom is -0.329 e. The molecule has 4 heteroatoms. The molecule has 82 valence electrons. The van der Waals surface area contributed by atoms with Gasteiger partial charge in [-0.1, -0.05) is 0 Å². The fraction of sp³-hybridized carbons (Fsp3) is 0.333. The van der Waals surface area contributed by atoms with E-state index in [9.17, 15) is 0 Å². The molecule has 0 radical (unpaired) electrons. The van der Waals surface area contributed by atoms with E-state index in [1.165, 1.54) is 0 Å². The van der Waals surface area contributed by atoms with Crippen LogP contribution in [0.15, 0.2) is 22.7 Å². The first kappa shape index (κ1) is 11.2. The van der Waals surface area contributed by atoms with Gasteiger partial charge in [-0.2, -0.15) is 5.26 Å². The van der Waals surface area contributed by atoms with Crippen LogP contribution >= 0.6 is 15.9 Å². The number of hydrogen-bond donors (Lipinski definition) is 1. The maximum atomic E-state index is 8.79. The topological polar surface area (TPSA) is 50.9 Å². The largest absolute Gasteiger partial charge is 0.329 e. The zero-order valence-electron chi connectivity index (χ0n) is 8.83. The second-order valence-corrected chi connectivity index (χ2v) is 4.69. The summed E-state index contributed by atoms with van der Waals surface area (Å²) in [5.41, 5.74) is 1.63. The van der Waals surface area contributed by atoms with Crippen LogP contribution < -0.4 is 4.90 Å². The van der Waals surface area contributed by atoms with Crippen LogP contribution in [0.5, 0.6) is 0 Å². The number of amidine groups is 1. The highest BCUT2D eigenvalue weighted by atomic mass is 79.9. The van der Waals surface area contributed by atoms with Crippen LogP contribution in [0.25, 0.3) is 0 Å². The van der Waals surface area contributed by atoms with Crippen molar-refractivity contribution in [2.24, 2.45) is 0 Å². The molecule has 1 aliphatic heterocycles. The molecule has 0 unspecified atom stereocenters. The van der Waals surface area contributed by atoms with Crippen LogP contribution in [-0.2, 0) is 0 Å². The molecule has 1 aromatic rings. The SMILES string of the molecule is N#Cc1ccc(N2CCCCC2=N)c(Br)c1. The second-order valence-electron chi connectivity index (χ2n) is 3.83. The number of nitrogens with zero attached hydrogens (tertiary/aromatic N) is 2. The first-order valence-corrected chi connectivity index (χ1v) is 6.06. The van der Waals surface area contributed by atoms with Gasteiger partial charge in [0.1, 0.15) is 5.84 Å². The molecule has 0 aromatic heterocycles. The lowest BCUT2D eigenvalue weighted by Gasteiger charge is -2.30. The molecule has 0 amide bonds. The minimum atomic E-state index is 0.638. The van der Waals surface area contributed by atoms with Gasteiger partial charge < -0.3 is 4.90 Å². The van der Waals surface area contributed by atoms with Gasteiger partial charge in [0.25, 0.3) is 0 Å². The Balaban J connectivity index is 2.33. The highest BCUT2D eigenvalue weighted by Crippen LogP contribution is 2.29. The Kier molecular flexibility index (Phi) is 3.25. The predicted octanol–water partition coefficient (Wildman–Crippen LogP) is 3.29. The smallest absolute Gasteiger partial charge is 0.100 e. The van der Waals surface area contributed by atoms with Gasteiger partial charge in [0.05, 0.1) is 17.3 Å². The first-order valence-electron chi connectivity index (χ1n) is 5.27. The lowest BCUT2D eigenvalue weighted by Crippen LogP contribution is -2.34. The van der Waals surface area contributed by atoms with Crippen LogP contribution in [0.4, 0.5) is 5.69 Å². The van der Waals surface area contributed by atoms with Crippen LogP contribution in [0, 0.1) is 16.7 Å². The maximum absolute atomic E-state index is 8.79. The number of hydrogen-bond acceptors (Lipinski definition) is 2. The summed E-state index contributed by atoms with van der Waals surface area (Å²) in [6.07, 6.45) is 3.06. The normalized spacial score (nSPS) is 16.0. The molecule has 0 bridgehead atoms. The number of anilines is 1. The van der Waals surface area contributed by atoms with E-state index in [1.54, 1.807) is 12.1 Å². The standard InChI is InChI=1S/C12H12BrN3/c13-10-7-9(8-14)4-5-11(10)16-6-2-1-3-12(16)15/h4-5,7,15H,1-3,6H2. The van der Waals surface area contributed by atoms with E-state index in [0.717, 1.165) is 36.0 Å². The van der Waals surface area contributed by atoms with Crippen molar-refractivity contribution in [1.29, 1.82) is 10.7 Å². The number of piperidine rings is 1. The lowest BCUT2D eigenvalue weighted by atomic mass is 10.1. The van der Waals surface area contributed by atoms with Crippen molar-refractivity contribution in [2.45, 2.75) is 19.3 Å². The Morgan fingerprint density at radius 1 is 1.38 bits per heavy atom. The van der Waals surface area contributed by atoms with E-state index >= 15 is 0 Å². The van der Waals surface area contributed by atoms with E-state index in [-0.39, 0.29) is 0 Å². The highest BCUT2D eigenvalue weighted by molar-refractivity contribution is 9.10. The van der Waals surface area contributed by atoms with Crippen LogP contribution in [-0.4, -0.2) is 12.4 Å². The van der Waals surface area contributed by atoms with Gasteiger partial charge >= 0.3 is 0 Å². The molecule has 1 saturated heterocycles. The van der Waals surface area contributed by atoms with Crippen molar-refractivity contribution in [1.82, 2.24) is 0 Å². The van der Waals surface area contributed by atoms with Gasteiger partial charge in [-0.25, -0.2) is 0 Å². The number of benzene rings is 1. The van der Waals surface area contributed by atoms with E-state index in [0.29, 0.717) is 11.4 Å². The lowest BCUT2D eigenvalue weighted by molar-refractivity contribution is 0.707. The van der Waals surface area contributed by atoms with Crippen LogP contribution in [0.2, 0.25) is 0 Å². The van der Waals surface area contributed by atoms with Crippen LogP contribution in [0.3, 0.4) is 0 Å². The van der Waals surface area contributed by atoms with E-state index in [4.69, 9.17) is 10.7 Å². The Morgan fingerprint density at radius 3 is 2.81 bits per heavy atom. The minimum absolute atomic E-state index is 0.638. The average molecular weight is 278 g/mol. The zero-order valence-corrected chi connectivity index (χ0v) is 10.4. The third-order valence-corrected chi connectivity index (χ3v) is 3.37. The van der Waals surface area contributed by atoms with Gasteiger partial charge in [0.15, 0.2) is 0 Å². The number of rotatable bonds is 1. The molecule has 1 N–H and O–H groups in total. The van der Waals surface area contributed by atoms with Gasteiger partial charge in [-0.05, 0) is 47.0 Å². The summed E-state index contributed by atoms with van der Waals surface area (Å²) in [5.74, 6) is 0.664. The van der Waals surface area contributed by atoms with Crippen molar-refractivity contribution < 1.29 is 0 Å². The summed E-state index contributed by atoms with van der Waals surface area (Å²) >= 11 is 3.46. The van der Waals surface area contributed by atoms with Crippen molar-refractivity contribution in [3.63, 3.8) is 0 Å². The third-order valence-electron chi connectivity index (χ3n) is 2.74. The Bertz CT molecular complexity index is 462. The molecular weight excluding hydrogens is 266 g/mol. The summed E-state index contributed by atoms with van der Waals surface area (Å²) in [4.78, 5) is 2.01. The predicted molar refractivity (Wildman–Crippen MR) is 67.8 cm³/mol. The molecule has 1 aliphatic rings. The first-order chi connectivity index (χ1) is 7.72. The fourth-order valence-electron chi connectivity index (χ4n) is 1.89. The molecule has 1 heterocycles. The second kappa shape index (κ2) is 4.67. The molecule has 3 nitrogen and oxygen atoms in total. The van der Waals surface area contributed by atoms with Crippen molar-refractivity contribution in [3.8, 4) is 6.07 Å². The molecule has 0 aliphatic carbocycles. The summed E-state index contributed by atoms with van der Waals surface area (Å²) < 4.78 is 0.887. The van der Waals surface area contributed by atoms with Gasteiger partial charge in [-0.3, -0.25) is 5.41 Å². The van der Waals surface area contributed by atoms with Crippen LogP contribution in [0.1, 0.15) is 24.8 Å². The van der Waals surface area contributed by atoms with Crippen molar-refractivity contribution in [2.75, 3.05) is 11.4 Å². The van der Waals surface area contributed by atoms with Gasteiger partial charge in [-0.15, -0.1) is 0 Å². The molecule has 0 saturated carbocycles. The van der Waals surface area contributed by atoms with Gasteiger partial charge in [0, 0.05) is 17.4 Å². The summed E-state index contributed by atoms with van der Waals surface area (Å²) in [6.45, 7) is 0.892. The summed E-state index contributed by atoms with van der Waals surface area (Å²) in [7, 11) is 0. The van der Waals surface area contributed by atoms with E-state index in [2.05, 4.69) is 22.0 Å². The molecule has 0 atom stereocenters. The molecular formula is C12H12BrN3. The third kappa shape index (κ3) is 2.10. The molecule has 1 fully saturated rings. The van der Waals surface area contributed by atoms with Crippen molar-refractivity contribution >= 4 is 27.5 Å². The quantitative estimate of drug-likeness (QED) is 0.857. The zero-order chi connectivity index (χ0) is 11.5. The molecule has 16 heavy (non-hydrogen) atoms. The molecule has 1 aromatic carbocycles. The monoisotopic (exact) mass is 277 g/mol. The number of nitrogens with one attached hydrogen (secondary N) is 1. The fourth-order valence-corrected chi connectivity index (χ4v) is 2.49. The summed E-state index contributed by atoms with van der Waals surface area (Å²) in [6, 6.07) is 7.61. The number of halogens is 1. The Labute approximate surface area is 103 Å². The summed E-state index contributed by atoms with van der Waals surface area (Å²) in [5, 5.41) is 16.7. The average Bonchev–Trinajstić information content (AvgIpc) is 2.30. The van der Waals surface area contributed by atoms with Crippen molar-refractivity contribution in [3.05, 3.63) is 28.2 Å². The molecule has 2 rings (SSSR count). The Hall–Kier alpha value is -1.34. The maximum Gasteiger partial charge on any atom is 0.100 e. The highest BCUT2D eigenvalue weighted by Gasteiger charge is 2.18. The number of nitriles is 1. The molecule has 0 spiro atoms. The van der Waals surface area contributed by atoms with E-state index in [1.807, 2.05) is 11.0 Å².